The van der Waals surface area contributed by atoms with Crippen LogP contribution in [0, 0.1) is 5.92 Å². The van der Waals surface area contributed by atoms with Gasteiger partial charge in [0.2, 0.25) is 0 Å². The van der Waals surface area contributed by atoms with Crippen LogP contribution in [0.3, 0.4) is 0 Å². The van der Waals surface area contributed by atoms with E-state index in [1.165, 1.54) is 5.75 Å². The molecule has 0 aromatic carbocycles. The molecule has 20 heavy (non-hydrogen) atoms. The number of ether oxygens (including phenoxy) is 2. The van der Waals surface area contributed by atoms with E-state index >= 15 is 0 Å². The summed E-state index contributed by atoms with van der Waals surface area (Å²) in [6.45, 7) is 6.63. The lowest BCUT2D eigenvalue weighted by Gasteiger charge is -2.43. The number of aliphatic hydroxyl groups excluding tert-OH is 1. The fraction of sp³-hybridized carbons (Fsp3) is 1.00. The summed E-state index contributed by atoms with van der Waals surface area (Å²) in [6.07, 6.45) is 2.77. The monoisotopic (exact) mass is 301 g/mol. The Bertz CT molecular complexity index is 322. The molecule has 0 bridgehead atoms. The number of rotatable bonds is 3. The van der Waals surface area contributed by atoms with Crippen molar-refractivity contribution in [3.63, 3.8) is 0 Å². The van der Waals surface area contributed by atoms with Gasteiger partial charge in [0.05, 0.1) is 24.4 Å². The normalized spacial score (nSPS) is 41.1. The molecule has 3 rings (SSSR count). The van der Waals surface area contributed by atoms with E-state index in [1.54, 1.807) is 0 Å². The van der Waals surface area contributed by atoms with E-state index in [0.29, 0.717) is 5.92 Å². The van der Waals surface area contributed by atoms with Crippen LogP contribution in [0.2, 0.25) is 0 Å². The molecule has 0 amide bonds. The molecule has 3 aliphatic rings. The third-order valence-corrected chi connectivity index (χ3v) is 6.31. The number of morpholine rings is 1. The molecule has 3 aliphatic heterocycles. The Kier molecular flexibility index (Phi) is 4.93. The van der Waals surface area contributed by atoms with Gasteiger partial charge >= 0.3 is 0 Å². The molecule has 0 aliphatic carbocycles. The van der Waals surface area contributed by atoms with Crippen LogP contribution in [0.4, 0.5) is 0 Å². The van der Waals surface area contributed by atoms with Gasteiger partial charge in [0.15, 0.2) is 0 Å². The van der Waals surface area contributed by atoms with Crippen LogP contribution in [0.5, 0.6) is 0 Å². The number of nitrogens with zero attached hydrogens (tertiary/aromatic N) is 1. The maximum absolute atomic E-state index is 10.7. The third-order valence-electron chi connectivity index (χ3n) is 5.09. The molecule has 0 radical (unpaired) electrons. The predicted molar refractivity (Wildman–Crippen MR) is 81.2 cm³/mol. The number of aliphatic hydroxyl groups is 1. The first kappa shape index (κ1) is 15.1. The second kappa shape index (κ2) is 6.53. The van der Waals surface area contributed by atoms with Gasteiger partial charge in [0, 0.05) is 25.4 Å². The maximum Gasteiger partial charge on any atom is 0.0963 e. The number of likely N-dealkylation sites (N-methyl/N-ethyl adjacent to an activating group) is 1. The quantitative estimate of drug-likeness (QED) is 0.853. The van der Waals surface area contributed by atoms with E-state index in [1.807, 2.05) is 11.8 Å². The Labute approximate surface area is 126 Å². The lowest BCUT2D eigenvalue weighted by atomic mass is 9.80. The number of hydrogen-bond donors (Lipinski definition) is 1. The molecule has 3 saturated heterocycles. The van der Waals surface area contributed by atoms with Crippen molar-refractivity contribution in [1.29, 1.82) is 0 Å². The van der Waals surface area contributed by atoms with Gasteiger partial charge < -0.3 is 14.6 Å². The summed E-state index contributed by atoms with van der Waals surface area (Å²) in [5, 5.41) is 10.7. The minimum Gasteiger partial charge on any atom is -0.390 e. The third kappa shape index (κ3) is 3.17. The zero-order valence-corrected chi connectivity index (χ0v) is 13.2. The van der Waals surface area contributed by atoms with Crippen molar-refractivity contribution < 1.29 is 14.6 Å². The highest BCUT2D eigenvalue weighted by molar-refractivity contribution is 7.99. The standard InChI is InChI=1S/C15H27NO3S/c1-2-16-5-7-18-13(10-16)14(17)12-3-6-19-15(9-12)4-8-20-11-15/h12-14,17H,2-11H2,1H3. The number of hydrogen-bond acceptors (Lipinski definition) is 5. The van der Waals surface area contributed by atoms with Crippen LogP contribution in [0.25, 0.3) is 0 Å². The largest absolute Gasteiger partial charge is 0.390 e. The minimum absolute atomic E-state index is 0.0158. The van der Waals surface area contributed by atoms with Crippen molar-refractivity contribution in [2.75, 3.05) is 44.4 Å². The van der Waals surface area contributed by atoms with Gasteiger partial charge in [-0.3, -0.25) is 4.90 Å². The molecule has 1 N–H and O–H groups in total. The smallest absolute Gasteiger partial charge is 0.0963 e. The summed E-state index contributed by atoms with van der Waals surface area (Å²) in [7, 11) is 0. The fourth-order valence-electron chi connectivity index (χ4n) is 3.75. The van der Waals surface area contributed by atoms with Gasteiger partial charge in [-0.15, -0.1) is 0 Å². The van der Waals surface area contributed by atoms with Gasteiger partial charge in [-0.2, -0.15) is 11.8 Å². The molecule has 3 fully saturated rings. The Hall–Kier alpha value is 0.190. The SMILES string of the molecule is CCN1CCOC(C(O)C2CCOC3(CCSC3)C2)C1. The lowest BCUT2D eigenvalue weighted by Crippen LogP contribution is -2.52. The van der Waals surface area contributed by atoms with Crippen molar-refractivity contribution in [1.82, 2.24) is 4.90 Å². The van der Waals surface area contributed by atoms with Crippen molar-refractivity contribution in [2.45, 2.75) is 44.0 Å². The summed E-state index contributed by atoms with van der Waals surface area (Å²) in [6, 6.07) is 0. The van der Waals surface area contributed by atoms with Gasteiger partial charge in [0.1, 0.15) is 0 Å². The predicted octanol–water partition coefficient (Wildman–Crippen LogP) is 1.37. The van der Waals surface area contributed by atoms with Crippen LogP contribution < -0.4 is 0 Å². The summed E-state index contributed by atoms with van der Waals surface area (Å²) in [4.78, 5) is 2.37. The summed E-state index contributed by atoms with van der Waals surface area (Å²) < 4.78 is 11.9. The highest BCUT2D eigenvalue weighted by Gasteiger charge is 2.44. The van der Waals surface area contributed by atoms with Crippen LogP contribution in [0.15, 0.2) is 0 Å². The van der Waals surface area contributed by atoms with Crippen molar-refractivity contribution in [2.24, 2.45) is 5.92 Å². The van der Waals surface area contributed by atoms with E-state index < -0.39 is 0 Å². The Morgan fingerprint density at radius 2 is 2.35 bits per heavy atom. The van der Waals surface area contributed by atoms with Crippen molar-refractivity contribution in [3.8, 4) is 0 Å². The number of thioether (sulfide) groups is 1. The molecule has 116 valence electrons. The maximum atomic E-state index is 10.7. The van der Waals surface area contributed by atoms with Crippen LogP contribution in [-0.4, -0.2) is 72.2 Å². The molecule has 4 atom stereocenters. The molecule has 5 heteroatoms. The molecule has 0 aromatic rings. The molecule has 0 saturated carbocycles. The average molecular weight is 301 g/mol. The van der Waals surface area contributed by atoms with E-state index in [4.69, 9.17) is 9.47 Å². The topological polar surface area (TPSA) is 41.9 Å². The fourth-order valence-corrected chi connectivity index (χ4v) is 5.13. The van der Waals surface area contributed by atoms with Gasteiger partial charge in [-0.25, -0.2) is 0 Å². The van der Waals surface area contributed by atoms with Crippen molar-refractivity contribution in [3.05, 3.63) is 0 Å². The highest BCUT2D eigenvalue weighted by atomic mass is 32.2. The van der Waals surface area contributed by atoms with Crippen LogP contribution in [0.1, 0.15) is 26.2 Å². The van der Waals surface area contributed by atoms with E-state index in [-0.39, 0.29) is 17.8 Å². The van der Waals surface area contributed by atoms with Gasteiger partial charge in [0.25, 0.3) is 0 Å². The first-order valence-electron chi connectivity index (χ1n) is 7.96. The second-order valence-electron chi connectivity index (χ2n) is 6.38. The molecule has 4 unspecified atom stereocenters. The Morgan fingerprint density at radius 3 is 3.10 bits per heavy atom. The lowest BCUT2D eigenvalue weighted by molar-refractivity contribution is -0.145. The van der Waals surface area contributed by atoms with Crippen molar-refractivity contribution >= 4 is 11.8 Å². The average Bonchev–Trinajstić information content (AvgIpc) is 2.94. The molecule has 1 spiro atoms. The van der Waals surface area contributed by atoms with Crippen LogP contribution >= 0.6 is 11.8 Å². The second-order valence-corrected chi connectivity index (χ2v) is 7.49. The zero-order valence-electron chi connectivity index (χ0n) is 12.4. The Morgan fingerprint density at radius 1 is 1.45 bits per heavy atom. The first-order valence-corrected chi connectivity index (χ1v) is 9.12. The minimum atomic E-state index is -0.337. The highest BCUT2D eigenvalue weighted by Crippen LogP contribution is 2.41. The van der Waals surface area contributed by atoms with E-state index in [0.717, 1.165) is 57.9 Å². The van der Waals surface area contributed by atoms with E-state index in [2.05, 4.69) is 11.8 Å². The molecule has 3 heterocycles. The van der Waals surface area contributed by atoms with E-state index in [9.17, 15) is 5.11 Å². The zero-order chi connectivity index (χ0) is 14.0. The molecule has 0 aromatic heterocycles. The van der Waals surface area contributed by atoms with Gasteiger partial charge in [-0.1, -0.05) is 6.92 Å². The molecule has 4 nitrogen and oxygen atoms in total. The first-order chi connectivity index (χ1) is 9.72. The van der Waals surface area contributed by atoms with Crippen LogP contribution in [-0.2, 0) is 9.47 Å². The Balaban J connectivity index is 1.59. The summed E-state index contributed by atoms with van der Waals surface area (Å²) in [5.74, 6) is 2.64. The molecular weight excluding hydrogens is 274 g/mol. The summed E-state index contributed by atoms with van der Waals surface area (Å²) in [5.41, 5.74) is 0.0493. The van der Waals surface area contributed by atoms with Gasteiger partial charge in [-0.05, 0) is 37.5 Å². The summed E-state index contributed by atoms with van der Waals surface area (Å²) >= 11 is 1.99. The molecular formula is C15H27NO3S.